The van der Waals surface area contributed by atoms with Crippen molar-refractivity contribution in [1.29, 1.82) is 0 Å². The van der Waals surface area contributed by atoms with Gasteiger partial charge in [-0.05, 0) is 50.2 Å². The summed E-state index contributed by atoms with van der Waals surface area (Å²) in [6.45, 7) is 3.31. The molecule has 0 aliphatic carbocycles. The van der Waals surface area contributed by atoms with Gasteiger partial charge in [-0.15, -0.1) is 4.40 Å². The average Bonchev–Trinajstić information content (AvgIpc) is 2.95. The van der Waals surface area contributed by atoms with Gasteiger partial charge in [-0.25, -0.2) is 9.07 Å². The van der Waals surface area contributed by atoms with Gasteiger partial charge >= 0.3 is 0 Å². The summed E-state index contributed by atoms with van der Waals surface area (Å²) in [5.41, 5.74) is 1.35. The zero-order valence-electron chi connectivity index (χ0n) is 15.1. The summed E-state index contributed by atoms with van der Waals surface area (Å²) in [7, 11) is -3.94. The molecule has 2 aromatic carbocycles. The second-order valence-electron chi connectivity index (χ2n) is 6.00. The third kappa shape index (κ3) is 4.90. The monoisotopic (exact) mass is 420 g/mol. The molecule has 0 aliphatic heterocycles. The first-order valence-corrected chi connectivity index (χ1v) is 10.5. The molecule has 0 fully saturated rings. The summed E-state index contributed by atoms with van der Waals surface area (Å²) in [4.78, 5) is 12.4. The Labute approximate surface area is 165 Å². The molecule has 0 bridgehead atoms. The predicted octanol–water partition coefficient (Wildman–Crippen LogP) is 2.63. The van der Waals surface area contributed by atoms with Crippen LogP contribution in [-0.4, -0.2) is 24.1 Å². The Morgan fingerprint density at radius 2 is 1.79 bits per heavy atom. The molecule has 0 radical (unpaired) electrons. The van der Waals surface area contributed by atoms with Crippen molar-refractivity contribution in [1.82, 2.24) is 9.78 Å². The van der Waals surface area contributed by atoms with E-state index < -0.39 is 21.7 Å². The maximum atomic E-state index is 13.0. The second-order valence-corrected chi connectivity index (χ2v) is 8.76. The van der Waals surface area contributed by atoms with Crippen molar-refractivity contribution in [2.45, 2.75) is 25.3 Å². The lowest BCUT2D eigenvalue weighted by atomic mass is 10.2. The molecule has 0 aliphatic rings. The van der Waals surface area contributed by atoms with Crippen molar-refractivity contribution in [3.05, 3.63) is 69.7 Å². The van der Waals surface area contributed by atoms with Crippen LogP contribution in [-0.2, 0) is 21.4 Å². The number of nitrogens with one attached hydrogen (secondary N) is 1. The molecule has 146 valence electrons. The third-order valence-electron chi connectivity index (χ3n) is 3.66. The Hall–Kier alpha value is -2.85. The number of anilines is 1. The zero-order chi connectivity index (χ0) is 20.3. The van der Waals surface area contributed by atoms with Crippen LogP contribution in [0.15, 0.2) is 57.8 Å². The van der Waals surface area contributed by atoms with Crippen LogP contribution < -0.4 is 10.1 Å². The molecule has 1 N–H and O–H groups in total. The third-order valence-corrected chi connectivity index (χ3v) is 5.92. The number of hydrogen-bond acceptors (Lipinski definition) is 5. The molecule has 0 saturated heterocycles. The number of carbonyl (C=O) groups excluding carboxylic acids is 1. The van der Waals surface area contributed by atoms with Crippen molar-refractivity contribution in [2.24, 2.45) is 4.40 Å². The molecule has 7 nitrogen and oxygen atoms in total. The van der Waals surface area contributed by atoms with Crippen LogP contribution in [0.25, 0.3) is 0 Å². The van der Waals surface area contributed by atoms with Crippen LogP contribution in [0.2, 0.25) is 0 Å². The maximum absolute atomic E-state index is 13.0. The van der Waals surface area contributed by atoms with Gasteiger partial charge in [0.25, 0.3) is 10.0 Å². The molecule has 10 heteroatoms. The molecule has 0 unspecified atom stereocenters. The van der Waals surface area contributed by atoms with Gasteiger partial charge in [-0.1, -0.05) is 29.0 Å². The van der Waals surface area contributed by atoms with Crippen LogP contribution in [0.3, 0.4) is 0 Å². The van der Waals surface area contributed by atoms with Gasteiger partial charge in [0.15, 0.2) is 0 Å². The van der Waals surface area contributed by atoms with Crippen molar-refractivity contribution < 1.29 is 17.6 Å². The highest BCUT2D eigenvalue weighted by Crippen LogP contribution is 2.13. The number of aryl methyl sites for hydroxylation is 2. The molecule has 0 saturated carbocycles. The summed E-state index contributed by atoms with van der Waals surface area (Å²) in [6.07, 6.45) is 0. The first-order chi connectivity index (χ1) is 13.2. The number of sulfonamides is 1. The van der Waals surface area contributed by atoms with Gasteiger partial charge < -0.3 is 5.32 Å². The largest absolute Gasteiger partial charge is 0.324 e. The highest BCUT2D eigenvalue weighted by molar-refractivity contribution is 7.90. The number of aromatic nitrogens is 2. The molecule has 3 rings (SSSR count). The zero-order valence-corrected chi connectivity index (χ0v) is 16.7. The van der Waals surface area contributed by atoms with Crippen LogP contribution in [0, 0.1) is 19.7 Å². The van der Waals surface area contributed by atoms with Crippen LogP contribution >= 0.6 is 11.3 Å². The average molecular weight is 420 g/mol. The first-order valence-electron chi connectivity index (χ1n) is 8.20. The van der Waals surface area contributed by atoms with Crippen LogP contribution in [0.5, 0.6) is 0 Å². The van der Waals surface area contributed by atoms with E-state index in [1.54, 1.807) is 19.1 Å². The summed E-state index contributed by atoms with van der Waals surface area (Å²) in [5, 5.41) is 7.32. The maximum Gasteiger partial charge on any atom is 0.285 e. The Bertz CT molecular complexity index is 1160. The van der Waals surface area contributed by atoms with Crippen molar-refractivity contribution in [3.8, 4) is 0 Å². The van der Waals surface area contributed by atoms with E-state index in [0.717, 1.165) is 16.9 Å². The van der Waals surface area contributed by atoms with Gasteiger partial charge in [0.2, 0.25) is 10.7 Å². The molecule has 1 amide bonds. The lowest BCUT2D eigenvalue weighted by molar-refractivity contribution is -0.117. The molecule has 1 aromatic heterocycles. The standard InChI is InChI=1S/C18H17FN4O3S2/c1-12-3-9-16(10-4-12)28(25,26)22-18-23(21-13(2)27-18)11-17(24)20-15-7-5-14(19)6-8-15/h3-10H,11H2,1-2H3,(H,20,24). The normalized spacial score (nSPS) is 12.2. The highest BCUT2D eigenvalue weighted by Gasteiger charge is 2.15. The van der Waals surface area contributed by atoms with E-state index in [0.29, 0.717) is 10.7 Å². The summed E-state index contributed by atoms with van der Waals surface area (Å²) < 4.78 is 43.1. The molecule has 28 heavy (non-hydrogen) atoms. The fourth-order valence-electron chi connectivity index (χ4n) is 2.32. The second kappa shape index (κ2) is 8.03. The minimum absolute atomic E-state index is 0.0615. The van der Waals surface area contributed by atoms with Gasteiger partial charge in [-0.3, -0.25) is 4.79 Å². The smallest absolute Gasteiger partial charge is 0.285 e. The SMILES string of the molecule is Cc1ccc(S(=O)(=O)N=c2sc(C)nn2CC(=O)Nc2ccc(F)cc2)cc1. The van der Waals surface area contributed by atoms with Gasteiger partial charge in [0.05, 0.1) is 4.90 Å². The van der Waals surface area contributed by atoms with Crippen molar-refractivity contribution in [2.75, 3.05) is 5.32 Å². The Kier molecular flexibility index (Phi) is 5.71. The first kappa shape index (κ1) is 19.9. The number of hydrogen-bond donors (Lipinski definition) is 1. The highest BCUT2D eigenvalue weighted by atomic mass is 32.2. The summed E-state index contributed by atoms with van der Waals surface area (Å²) in [6, 6.07) is 11.6. The fraction of sp³-hybridized carbons (Fsp3) is 0.167. The summed E-state index contributed by atoms with van der Waals surface area (Å²) in [5.74, 6) is -0.851. The number of carbonyl (C=O) groups is 1. The van der Waals surface area contributed by atoms with Gasteiger partial charge in [0.1, 0.15) is 17.4 Å². The molecular formula is C18H17FN4O3S2. The van der Waals surface area contributed by atoms with E-state index in [4.69, 9.17) is 0 Å². The van der Waals surface area contributed by atoms with Crippen LogP contribution in [0.1, 0.15) is 10.6 Å². The minimum Gasteiger partial charge on any atom is -0.324 e. The Morgan fingerprint density at radius 1 is 1.14 bits per heavy atom. The predicted molar refractivity (Wildman–Crippen MR) is 104 cm³/mol. The van der Waals surface area contributed by atoms with Gasteiger partial charge in [-0.2, -0.15) is 13.5 Å². The lowest BCUT2D eigenvalue weighted by Gasteiger charge is -2.05. The van der Waals surface area contributed by atoms with Crippen molar-refractivity contribution in [3.63, 3.8) is 0 Å². The lowest BCUT2D eigenvalue weighted by Crippen LogP contribution is -2.27. The topological polar surface area (TPSA) is 93.4 Å². The molecular weight excluding hydrogens is 403 g/mol. The Morgan fingerprint density at radius 3 is 2.43 bits per heavy atom. The number of nitrogens with zero attached hydrogens (tertiary/aromatic N) is 3. The number of benzene rings is 2. The summed E-state index contributed by atoms with van der Waals surface area (Å²) >= 11 is 1.07. The van der Waals surface area contributed by atoms with E-state index in [1.165, 1.54) is 41.1 Å². The molecule has 0 atom stereocenters. The van der Waals surface area contributed by atoms with Crippen LogP contribution in [0.4, 0.5) is 10.1 Å². The van der Waals surface area contributed by atoms with Gasteiger partial charge in [0, 0.05) is 5.69 Å². The number of amides is 1. The van der Waals surface area contributed by atoms with Crippen molar-refractivity contribution >= 4 is 33.0 Å². The van der Waals surface area contributed by atoms with E-state index in [-0.39, 0.29) is 16.2 Å². The van der Waals surface area contributed by atoms with E-state index in [2.05, 4.69) is 14.8 Å². The molecule has 0 spiro atoms. The van der Waals surface area contributed by atoms with E-state index in [1.807, 2.05) is 6.92 Å². The van der Waals surface area contributed by atoms with E-state index >= 15 is 0 Å². The number of halogens is 1. The quantitative estimate of drug-likeness (QED) is 0.687. The minimum atomic E-state index is -3.94. The number of rotatable bonds is 5. The Balaban J connectivity index is 1.86. The molecule has 1 heterocycles. The molecule has 3 aromatic rings. The van der Waals surface area contributed by atoms with E-state index in [9.17, 15) is 17.6 Å². The fourth-order valence-corrected chi connectivity index (χ4v) is 4.27.